The van der Waals surface area contributed by atoms with Crippen molar-refractivity contribution in [3.05, 3.63) is 33.9 Å². The van der Waals surface area contributed by atoms with Gasteiger partial charge in [0.05, 0.1) is 15.4 Å². The first-order valence-corrected chi connectivity index (χ1v) is 7.60. The van der Waals surface area contributed by atoms with E-state index >= 15 is 0 Å². The maximum absolute atomic E-state index is 12.5. The number of aromatic carboxylic acids is 1. The van der Waals surface area contributed by atoms with Crippen LogP contribution in [0.2, 0.25) is 0 Å². The van der Waals surface area contributed by atoms with E-state index in [1.807, 2.05) is 0 Å². The van der Waals surface area contributed by atoms with Crippen LogP contribution in [0.3, 0.4) is 0 Å². The van der Waals surface area contributed by atoms with Gasteiger partial charge < -0.3 is 5.11 Å². The van der Waals surface area contributed by atoms with E-state index in [1.54, 1.807) is 20.8 Å². The number of hydrogen-bond donors (Lipinski definition) is 1. The normalized spacial score (nSPS) is 11.9. The van der Waals surface area contributed by atoms with E-state index < -0.39 is 37.1 Å². The summed E-state index contributed by atoms with van der Waals surface area (Å²) in [7, 11) is -4.04. The maximum atomic E-state index is 12.5. The summed E-state index contributed by atoms with van der Waals surface area (Å²) in [6.07, 6.45) is 0. The average molecular weight is 316 g/mol. The minimum Gasteiger partial charge on any atom is -0.478 e. The second-order valence-electron chi connectivity index (χ2n) is 4.54. The van der Waals surface area contributed by atoms with Gasteiger partial charge in [-0.05, 0) is 19.9 Å². The van der Waals surface area contributed by atoms with Crippen LogP contribution in [-0.4, -0.2) is 41.3 Å². The molecule has 0 unspecified atom stereocenters. The Morgan fingerprint density at radius 3 is 2.38 bits per heavy atom. The summed E-state index contributed by atoms with van der Waals surface area (Å²) in [4.78, 5) is 20.7. The van der Waals surface area contributed by atoms with E-state index in [2.05, 4.69) is 0 Å². The zero-order valence-corrected chi connectivity index (χ0v) is 12.6. The number of hydrogen-bond acceptors (Lipinski definition) is 5. The molecule has 0 radical (unpaired) electrons. The zero-order valence-electron chi connectivity index (χ0n) is 11.8. The lowest BCUT2D eigenvalue weighted by Gasteiger charge is -2.24. The summed E-state index contributed by atoms with van der Waals surface area (Å²) in [5.74, 6) is -1.53. The third-order valence-corrected chi connectivity index (χ3v) is 5.09. The second-order valence-corrected chi connectivity index (χ2v) is 6.40. The SMILES string of the molecule is CCN(C(C)C)S(=O)(=O)c1ccc([N+](=O)[O-])cc1C(=O)O. The van der Waals surface area contributed by atoms with Crippen LogP contribution in [0, 0.1) is 10.1 Å². The van der Waals surface area contributed by atoms with E-state index in [1.165, 1.54) is 0 Å². The van der Waals surface area contributed by atoms with Crippen molar-refractivity contribution in [2.75, 3.05) is 6.54 Å². The van der Waals surface area contributed by atoms with E-state index in [-0.39, 0.29) is 12.6 Å². The highest BCUT2D eigenvalue weighted by atomic mass is 32.2. The molecule has 0 bridgehead atoms. The van der Waals surface area contributed by atoms with Crippen molar-refractivity contribution >= 4 is 21.7 Å². The van der Waals surface area contributed by atoms with Crippen LogP contribution in [-0.2, 0) is 10.0 Å². The molecule has 1 aromatic rings. The van der Waals surface area contributed by atoms with Gasteiger partial charge in [0.1, 0.15) is 0 Å². The molecule has 0 aliphatic carbocycles. The Kier molecular flexibility index (Phi) is 5.02. The number of nitro groups is 1. The van der Waals surface area contributed by atoms with Gasteiger partial charge >= 0.3 is 5.97 Å². The number of carboxylic acids is 1. The van der Waals surface area contributed by atoms with Crippen molar-refractivity contribution in [3.8, 4) is 0 Å². The molecule has 0 amide bonds. The molecule has 1 rings (SSSR count). The van der Waals surface area contributed by atoms with E-state index in [9.17, 15) is 23.3 Å². The van der Waals surface area contributed by atoms with Crippen LogP contribution < -0.4 is 0 Å². The summed E-state index contributed by atoms with van der Waals surface area (Å²) in [6, 6.07) is 2.33. The van der Waals surface area contributed by atoms with Crippen LogP contribution in [0.1, 0.15) is 31.1 Å². The minimum absolute atomic E-state index is 0.163. The predicted molar refractivity (Wildman–Crippen MR) is 74.8 cm³/mol. The van der Waals surface area contributed by atoms with E-state index in [4.69, 9.17) is 5.11 Å². The molecule has 9 heteroatoms. The molecule has 0 aliphatic rings. The molecule has 1 N–H and O–H groups in total. The van der Waals surface area contributed by atoms with Crippen LogP contribution >= 0.6 is 0 Å². The van der Waals surface area contributed by atoms with Gasteiger partial charge in [-0.2, -0.15) is 4.31 Å². The molecule has 0 heterocycles. The van der Waals surface area contributed by atoms with Gasteiger partial charge in [-0.25, -0.2) is 13.2 Å². The van der Waals surface area contributed by atoms with Crippen LogP contribution in [0.4, 0.5) is 5.69 Å². The van der Waals surface area contributed by atoms with Crippen LogP contribution in [0.5, 0.6) is 0 Å². The smallest absolute Gasteiger partial charge is 0.337 e. The number of benzene rings is 1. The molecule has 0 spiro atoms. The lowest BCUT2D eigenvalue weighted by molar-refractivity contribution is -0.384. The monoisotopic (exact) mass is 316 g/mol. The molecule has 0 fully saturated rings. The fourth-order valence-corrected chi connectivity index (χ4v) is 3.77. The van der Waals surface area contributed by atoms with Crippen molar-refractivity contribution in [1.29, 1.82) is 0 Å². The highest BCUT2D eigenvalue weighted by Crippen LogP contribution is 2.25. The maximum Gasteiger partial charge on any atom is 0.337 e. The number of carbonyl (C=O) groups is 1. The minimum atomic E-state index is -4.04. The summed E-state index contributed by atoms with van der Waals surface area (Å²) < 4.78 is 26.1. The van der Waals surface area contributed by atoms with Crippen molar-refractivity contribution in [3.63, 3.8) is 0 Å². The summed E-state index contributed by atoms with van der Waals surface area (Å²) in [5, 5.41) is 19.8. The van der Waals surface area contributed by atoms with Crippen LogP contribution in [0.15, 0.2) is 23.1 Å². The third-order valence-electron chi connectivity index (χ3n) is 2.88. The number of carboxylic acid groups (broad SMARTS) is 1. The van der Waals surface area contributed by atoms with Gasteiger partial charge in [-0.3, -0.25) is 10.1 Å². The molecular weight excluding hydrogens is 300 g/mol. The zero-order chi connectivity index (χ0) is 16.4. The first kappa shape index (κ1) is 17.1. The second kappa shape index (κ2) is 6.19. The summed E-state index contributed by atoms with van der Waals surface area (Å²) in [5.41, 5.74) is -1.08. The molecule has 0 atom stereocenters. The Morgan fingerprint density at radius 1 is 1.43 bits per heavy atom. The highest BCUT2D eigenvalue weighted by Gasteiger charge is 2.31. The fourth-order valence-electron chi connectivity index (χ4n) is 1.96. The molecule has 0 aromatic heterocycles. The van der Waals surface area contributed by atoms with E-state index in [0.29, 0.717) is 0 Å². The molecule has 0 aliphatic heterocycles. The molecule has 116 valence electrons. The van der Waals surface area contributed by atoms with Crippen molar-refractivity contribution in [2.45, 2.75) is 31.7 Å². The fraction of sp³-hybridized carbons (Fsp3) is 0.417. The lowest BCUT2D eigenvalue weighted by atomic mass is 10.2. The molecule has 0 saturated carbocycles. The first-order valence-electron chi connectivity index (χ1n) is 6.16. The Morgan fingerprint density at radius 2 is 2.00 bits per heavy atom. The van der Waals surface area contributed by atoms with Gasteiger partial charge in [0, 0.05) is 24.7 Å². The van der Waals surface area contributed by atoms with Gasteiger partial charge in [-0.1, -0.05) is 6.92 Å². The lowest BCUT2D eigenvalue weighted by Crippen LogP contribution is -2.37. The van der Waals surface area contributed by atoms with Gasteiger partial charge in [-0.15, -0.1) is 0 Å². The highest BCUT2D eigenvalue weighted by molar-refractivity contribution is 7.89. The Hall–Kier alpha value is -2.00. The topological polar surface area (TPSA) is 118 Å². The first-order chi connectivity index (χ1) is 9.62. The molecule has 21 heavy (non-hydrogen) atoms. The predicted octanol–water partition coefficient (Wildman–Crippen LogP) is 1.71. The van der Waals surface area contributed by atoms with Crippen LogP contribution in [0.25, 0.3) is 0 Å². The number of sulfonamides is 1. The Labute approximate surface area is 122 Å². The quantitative estimate of drug-likeness (QED) is 0.630. The van der Waals surface area contributed by atoms with Gasteiger partial charge in [0.15, 0.2) is 0 Å². The van der Waals surface area contributed by atoms with Gasteiger partial charge in [0.2, 0.25) is 10.0 Å². The van der Waals surface area contributed by atoms with Gasteiger partial charge in [0.25, 0.3) is 5.69 Å². The molecular formula is C12H16N2O6S. The number of nitrogens with zero attached hydrogens (tertiary/aromatic N) is 2. The number of non-ortho nitro benzene ring substituents is 1. The number of nitro benzene ring substituents is 1. The largest absolute Gasteiger partial charge is 0.478 e. The third kappa shape index (κ3) is 3.37. The van der Waals surface area contributed by atoms with Crippen molar-refractivity contribution in [1.82, 2.24) is 4.31 Å². The Balaban J connectivity index is 3.56. The average Bonchev–Trinajstić information content (AvgIpc) is 2.37. The standard InChI is InChI=1S/C12H16N2O6S/c1-4-13(8(2)3)21(19,20)11-6-5-9(14(17)18)7-10(11)12(15)16/h5-8H,4H2,1-3H3,(H,15,16). The summed E-state index contributed by atoms with van der Waals surface area (Å²) in [6.45, 7) is 5.11. The molecule has 0 saturated heterocycles. The Bertz CT molecular complexity index is 668. The molecule has 1 aromatic carbocycles. The van der Waals surface area contributed by atoms with Crippen molar-refractivity contribution in [2.24, 2.45) is 0 Å². The summed E-state index contributed by atoms with van der Waals surface area (Å²) >= 11 is 0. The molecule has 8 nitrogen and oxygen atoms in total. The number of rotatable bonds is 6. The van der Waals surface area contributed by atoms with Crippen molar-refractivity contribution < 1.29 is 23.2 Å². The van der Waals surface area contributed by atoms with E-state index in [0.717, 1.165) is 22.5 Å².